The molecule has 5 heteroatoms. The molecule has 18 heavy (non-hydrogen) atoms. The van der Waals surface area contributed by atoms with Crippen LogP contribution in [-0.2, 0) is 6.54 Å². The van der Waals surface area contributed by atoms with Gasteiger partial charge in [-0.2, -0.15) is 0 Å². The van der Waals surface area contributed by atoms with E-state index in [4.69, 9.17) is 0 Å². The Morgan fingerprint density at radius 2 is 2.28 bits per heavy atom. The van der Waals surface area contributed by atoms with Crippen molar-refractivity contribution in [3.05, 3.63) is 39.4 Å². The summed E-state index contributed by atoms with van der Waals surface area (Å²) in [7, 11) is 0. The van der Waals surface area contributed by atoms with E-state index in [1.165, 1.54) is 6.07 Å². The van der Waals surface area contributed by atoms with Crippen molar-refractivity contribution in [3.8, 4) is 0 Å². The first-order chi connectivity index (χ1) is 8.39. The van der Waals surface area contributed by atoms with E-state index < -0.39 is 5.60 Å². The summed E-state index contributed by atoms with van der Waals surface area (Å²) in [4.78, 5) is 12.6. The topological polar surface area (TPSA) is 66.6 Å². The molecule has 1 fully saturated rings. The van der Waals surface area contributed by atoms with Gasteiger partial charge in [-0.3, -0.25) is 15.0 Å². The highest BCUT2D eigenvalue weighted by Gasteiger charge is 2.31. The van der Waals surface area contributed by atoms with Crippen molar-refractivity contribution in [2.24, 2.45) is 0 Å². The van der Waals surface area contributed by atoms with E-state index in [1.54, 1.807) is 13.0 Å². The van der Waals surface area contributed by atoms with Gasteiger partial charge in [0, 0.05) is 31.3 Å². The SMILES string of the molecule is Cc1c(CN2CCC(C)(O)C2)cccc1[N+](=O)[O-]. The standard InChI is InChI=1S/C13H18N2O3/c1-10-11(4-3-5-12(10)15(17)18)8-14-7-6-13(2,16)9-14/h3-5,16H,6-9H2,1-2H3. The summed E-state index contributed by atoms with van der Waals surface area (Å²) in [5, 5.41) is 20.8. The summed E-state index contributed by atoms with van der Waals surface area (Å²) in [5.41, 5.74) is 1.21. The first kappa shape index (κ1) is 13.0. The van der Waals surface area contributed by atoms with Crippen LogP contribution in [0.4, 0.5) is 5.69 Å². The molecule has 0 aliphatic carbocycles. The Labute approximate surface area is 106 Å². The molecule has 1 aliphatic rings. The van der Waals surface area contributed by atoms with E-state index in [0.717, 1.165) is 18.5 Å². The van der Waals surface area contributed by atoms with Gasteiger partial charge in [0.05, 0.1) is 10.5 Å². The maximum atomic E-state index is 10.9. The van der Waals surface area contributed by atoms with Crippen LogP contribution in [0.15, 0.2) is 18.2 Å². The minimum absolute atomic E-state index is 0.165. The van der Waals surface area contributed by atoms with Crippen LogP contribution in [0.2, 0.25) is 0 Å². The van der Waals surface area contributed by atoms with Crippen molar-refractivity contribution in [1.82, 2.24) is 4.90 Å². The number of likely N-dealkylation sites (tertiary alicyclic amines) is 1. The Morgan fingerprint density at radius 3 is 2.83 bits per heavy atom. The molecule has 0 amide bonds. The lowest BCUT2D eigenvalue weighted by Crippen LogP contribution is -2.29. The maximum absolute atomic E-state index is 10.9. The predicted molar refractivity (Wildman–Crippen MR) is 68.4 cm³/mol. The molecule has 1 aromatic carbocycles. The van der Waals surface area contributed by atoms with Gasteiger partial charge in [0.15, 0.2) is 0 Å². The fraction of sp³-hybridized carbons (Fsp3) is 0.538. The van der Waals surface area contributed by atoms with Crippen LogP contribution in [0.3, 0.4) is 0 Å². The molecule has 2 rings (SSSR count). The Morgan fingerprint density at radius 1 is 1.56 bits per heavy atom. The van der Waals surface area contributed by atoms with Crippen LogP contribution in [0.25, 0.3) is 0 Å². The van der Waals surface area contributed by atoms with Crippen molar-refractivity contribution < 1.29 is 10.0 Å². The molecule has 5 nitrogen and oxygen atoms in total. The summed E-state index contributed by atoms with van der Waals surface area (Å²) in [6, 6.07) is 5.16. The number of hydrogen-bond donors (Lipinski definition) is 1. The van der Waals surface area contributed by atoms with Gasteiger partial charge in [-0.15, -0.1) is 0 Å². The first-order valence-corrected chi connectivity index (χ1v) is 6.07. The number of aliphatic hydroxyl groups is 1. The van der Waals surface area contributed by atoms with Gasteiger partial charge in [-0.05, 0) is 25.8 Å². The third-order valence-electron chi connectivity index (χ3n) is 3.54. The molecule has 1 aliphatic heterocycles. The van der Waals surface area contributed by atoms with Gasteiger partial charge < -0.3 is 5.11 Å². The van der Waals surface area contributed by atoms with Crippen molar-refractivity contribution in [1.29, 1.82) is 0 Å². The lowest BCUT2D eigenvalue weighted by molar-refractivity contribution is -0.385. The first-order valence-electron chi connectivity index (χ1n) is 6.07. The number of nitrogens with zero attached hydrogens (tertiary/aromatic N) is 2. The van der Waals surface area contributed by atoms with E-state index in [-0.39, 0.29) is 10.6 Å². The quantitative estimate of drug-likeness (QED) is 0.657. The molecular formula is C13H18N2O3. The number of nitro groups is 1. The molecule has 1 saturated heterocycles. The van der Waals surface area contributed by atoms with E-state index in [0.29, 0.717) is 18.7 Å². The minimum atomic E-state index is -0.630. The number of rotatable bonds is 3. The molecule has 0 radical (unpaired) electrons. The third-order valence-corrected chi connectivity index (χ3v) is 3.54. The molecule has 0 aromatic heterocycles. The second-order valence-electron chi connectivity index (χ2n) is 5.28. The molecular weight excluding hydrogens is 232 g/mol. The lowest BCUT2D eigenvalue weighted by atomic mass is 10.1. The highest BCUT2D eigenvalue weighted by molar-refractivity contribution is 5.44. The zero-order valence-corrected chi connectivity index (χ0v) is 10.7. The van der Waals surface area contributed by atoms with Crippen LogP contribution in [0.5, 0.6) is 0 Å². The van der Waals surface area contributed by atoms with Crippen LogP contribution in [-0.4, -0.2) is 33.6 Å². The van der Waals surface area contributed by atoms with Crippen molar-refractivity contribution in [3.63, 3.8) is 0 Å². The average Bonchev–Trinajstić information content (AvgIpc) is 2.61. The number of β-amino-alcohol motifs (C(OH)–C–C–N with tert-alkyl or cyclic N) is 1. The van der Waals surface area contributed by atoms with Gasteiger partial charge in [-0.1, -0.05) is 12.1 Å². The molecule has 0 bridgehead atoms. The van der Waals surface area contributed by atoms with Crippen LogP contribution in [0, 0.1) is 17.0 Å². The Kier molecular flexibility index (Phi) is 3.36. The van der Waals surface area contributed by atoms with Crippen molar-refractivity contribution >= 4 is 5.69 Å². The molecule has 1 N–H and O–H groups in total. The Balaban J connectivity index is 2.15. The van der Waals surface area contributed by atoms with Crippen molar-refractivity contribution in [2.45, 2.75) is 32.4 Å². The van der Waals surface area contributed by atoms with Gasteiger partial charge in [0.25, 0.3) is 5.69 Å². The third kappa shape index (κ3) is 2.68. The fourth-order valence-electron chi connectivity index (χ4n) is 2.45. The molecule has 0 saturated carbocycles. The molecule has 1 unspecified atom stereocenters. The van der Waals surface area contributed by atoms with Gasteiger partial charge in [-0.25, -0.2) is 0 Å². The molecule has 98 valence electrons. The molecule has 0 spiro atoms. The summed E-state index contributed by atoms with van der Waals surface area (Å²) in [6.45, 7) is 5.71. The van der Waals surface area contributed by atoms with E-state index in [9.17, 15) is 15.2 Å². The molecule has 1 aromatic rings. The average molecular weight is 250 g/mol. The lowest BCUT2D eigenvalue weighted by Gasteiger charge is -2.19. The second kappa shape index (κ2) is 4.66. The van der Waals surface area contributed by atoms with Gasteiger partial charge in [0.2, 0.25) is 0 Å². The highest BCUT2D eigenvalue weighted by atomic mass is 16.6. The van der Waals surface area contributed by atoms with E-state index >= 15 is 0 Å². The fourth-order valence-corrected chi connectivity index (χ4v) is 2.45. The van der Waals surface area contributed by atoms with Gasteiger partial charge in [0.1, 0.15) is 0 Å². The summed E-state index contributed by atoms with van der Waals surface area (Å²) in [5.74, 6) is 0. The number of hydrogen-bond acceptors (Lipinski definition) is 4. The monoisotopic (exact) mass is 250 g/mol. The van der Waals surface area contributed by atoms with Crippen LogP contribution >= 0.6 is 0 Å². The zero-order valence-electron chi connectivity index (χ0n) is 10.7. The molecule has 1 atom stereocenters. The zero-order chi connectivity index (χ0) is 13.3. The van der Waals surface area contributed by atoms with Gasteiger partial charge >= 0.3 is 0 Å². The summed E-state index contributed by atoms with van der Waals surface area (Å²) >= 11 is 0. The predicted octanol–water partition coefficient (Wildman–Crippen LogP) is 1.86. The maximum Gasteiger partial charge on any atom is 0.272 e. The Bertz CT molecular complexity index is 471. The second-order valence-corrected chi connectivity index (χ2v) is 5.28. The minimum Gasteiger partial charge on any atom is -0.389 e. The smallest absolute Gasteiger partial charge is 0.272 e. The number of nitro benzene ring substituents is 1. The highest BCUT2D eigenvalue weighted by Crippen LogP contribution is 2.26. The normalized spacial score (nSPS) is 24.4. The summed E-state index contributed by atoms with van der Waals surface area (Å²) in [6.07, 6.45) is 0.751. The van der Waals surface area contributed by atoms with Crippen LogP contribution in [0.1, 0.15) is 24.5 Å². The number of benzene rings is 1. The van der Waals surface area contributed by atoms with E-state index in [2.05, 4.69) is 4.90 Å². The van der Waals surface area contributed by atoms with Crippen LogP contribution < -0.4 is 0 Å². The Hall–Kier alpha value is -1.46. The van der Waals surface area contributed by atoms with E-state index in [1.807, 2.05) is 13.0 Å². The largest absolute Gasteiger partial charge is 0.389 e. The van der Waals surface area contributed by atoms with Crippen molar-refractivity contribution in [2.75, 3.05) is 13.1 Å². The molecule has 1 heterocycles. The summed E-state index contributed by atoms with van der Waals surface area (Å²) < 4.78 is 0.